The van der Waals surface area contributed by atoms with Crippen LogP contribution >= 0.6 is 27.3 Å². The minimum absolute atomic E-state index is 0.0321. The van der Waals surface area contributed by atoms with Gasteiger partial charge >= 0.3 is 0 Å². The molecular weight excluding hydrogens is 264 g/mol. The summed E-state index contributed by atoms with van der Waals surface area (Å²) in [5, 5.41) is 1.51. The van der Waals surface area contributed by atoms with E-state index in [0.717, 1.165) is 27.3 Å². The summed E-state index contributed by atoms with van der Waals surface area (Å²) in [5.74, 6) is 0.751. The average molecular weight is 273 g/mol. The Morgan fingerprint density at radius 1 is 1.64 bits per heavy atom. The number of alkyl halides is 1. The predicted octanol–water partition coefficient (Wildman–Crippen LogP) is 2.23. The van der Waals surface area contributed by atoms with Crippen LogP contribution in [0.5, 0.6) is 0 Å². The lowest BCUT2D eigenvalue weighted by Crippen LogP contribution is -2.10. The van der Waals surface area contributed by atoms with Gasteiger partial charge in [0, 0.05) is 16.6 Å². The Kier molecular flexibility index (Phi) is 2.69. The maximum absolute atomic E-state index is 11.6. The lowest BCUT2D eigenvalue weighted by Gasteiger charge is -1.96. The standard InChI is InChI=1S/C9H9BrN2OS/c1-5-4-6-8(13)11-7(2-3-10)12-9(6)14-5/h4H,2-3H2,1H3,(H,11,12,13). The van der Waals surface area contributed by atoms with Gasteiger partial charge in [-0.05, 0) is 13.0 Å². The van der Waals surface area contributed by atoms with Crippen LogP contribution in [-0.4, -0.2) is 15.3 Å². The largest absolute Gasteiger partial charge is 0.310 e. The minimum Gasteiger partial charge on any atom is -0.310 e. The summed E-state index contributed by atoms with van der Waals surface area (Å²) in [4.78, 5) is 20.7. The Morgan fingerprint density at radius 2 is 2.43 bits per heavy atom. The molecule has 0 saturated heterocycles. The van der Waals surface area contributed by atoms with Gasteiger partial charge in [0.1, 0.15) is 10.7 Å². The Balaban J connectivity index is 2.65. The predicted molar refractivity (Wildman–Crippen MR) is 62.5 cm³/mol. The highest BCUT2D eigenvalue weighted by molar-refractivity contribution is 9.09. The maximum atomic E-state index is 11.6. The molecule has 0 aliphatic heterocycles. The number of fused-ring (bicyclic) bond motifs is 1. The van der Waals surface area contributed by atoms with Crippen molar-refractivity contribution in [2.24, 2.45) is 0 Å². The molecule has 0 radical (unpaired) electrons. The highest BCUT2D eigenvalue weighted by Gasteiger charge is 2.05. The van der Waals surface area contributed by atoms with Crippen molar-refractivity contribution in [3.8, 4) is 0 Å². The number of aryl methyl sites for hydroxylation is 2. The van der Waals surface area contributed by atoms with Crippen LogP contribution in [0.3, 0.4) is 0 Å². The summed E-state index contributed by atoms with van der Waals surface area (Å²) >= 11 is 4.88. The maximum Gasteiger partial charge on any atom is 0.259 e. The first-order valence-electron chi connectivity index (χ1n) is 4.26. The van der Waals surface area contributed by atoms with Crippen molar-refractivity contribution in [3.63, 3.8) is 0 Å². The summed E-state index contributed by atoms with van der Waals surface area (Å²) in [6, 6.07) is 1.88. The van der Waals surface area contributed by atoms with E-state index in [1.165, 1.54) is 0 Å². The first-order chi connectivity index (χ1) is 6.70. The Labute approximate surface area is 93.3 Å². The highest BCUT2D eigenvalue weighted by Crippen LogP contribution is 2.19. The number of hydrogen-bond acceptors (Lipinski definition) is 3. The number of nitrogens with zero attached hydrogens (tertiary/aromatic N) is 1. The SMILES string of the molecule is Cc1cc2c(=O)[nH]c(CCBr)nc2s1. The fraction of sp³-hybridized carbons (Fsp3) is 0.333. The van der Waals surface area contributed by atoms with Crippen LogP contribution in [0.4, 0.5) is 0 Å². The quantitative estimate of drug-likeness (QED) is 0.853. The molecule has 0 aliphatic rings. The molecule has 5 heteroatoms. The van der Waals surface area contributed by atoms with Crippen molar-refractivity contribution in [3.05, 3.63) is 27.1 Å². The highest BCUT2D eigenvalue weighted by atomic mass is 79.9. The normalized spacial score (nSPS) is 11.0. The molecular formula is C9H9BrN2OS. The molecule has 0 atom stereocenters. The number of H-pyrrole nitrogens is 1. The van der Waals surface area contributed by atoms with Gasteiger partial charge in [-0.2, -0.15) is 0 Å². The molecule has 3 nitrogen and oxygen atoms in total. The topological polar surface area (TPSA) is 45.8 Å². The summed E-state index contributed by atoms with van der Waals surface area (Å²) in [6.45, 7) is 1.98. The third-order valence-corrected chi connectivity index (χ3v) is 3.25. The van der Waals surface area contributed by atoms with Crippen molar-refractivity contribution < 1.29 is 0 Å². The smallest absolute Gasteiger partial charge is 0.259 e. The van der Waals surface area contributed by atoms with Gasteiger partial charge in [-0.15, -0.1) is 11.3 Å². The molecule has 14 heavy (non-hydrogen) atoms. The van der Waals surface area contributed by atoms with E-state index in [-0.39, 0.29) is 5.56 Å². The van der Waals surface area contributed by atoms with E-state index >= 15 is 0 Å². The van der Waals surface area contributed by atoms with Crippen LogP contribution in [0.25, 0.3) is 10.2 Å². The minimum atomic E-state index is -0.0321. The average Bonchev–Trinajstić information content (AvgIpc) is 2.47. The second-order valence-corrected chi connectivity index (χ2v) is 5.06. The van der Waals surface area contributed by atoms with Crippen molar-refractivity contribution in [2.75, 3.05) is 5.33 Å². The summed E-state index contributed by atoms with van der Waals surface area (Å²) in [7, 11) is 0. The van der Waals surface area contributed by atoms with Gasteiger partial charge in [0.2, 0.25) is 0 Å². The molecule has 2 aromatic heterocycles. The summed E-state index contributed by atoms with van der Waals surface area (Å²) < 4.78 is 0. The van der Waals surface area contributed by atoms with E-state index in [0.29, 0.717) is 5.39 Å². The van der Waals surface area contributed by atoms with Crippen LogP contribution in [0.2, 0.25) is 0 Å². The third kappa shape index (κ3) is 1.74. The molecule has 0 fully saturated rings. The van der Waals surface area contributed by atoms with Crippen LogP contribution in [0.15, 0.2) is 10.9 Å². The summed E-state index contributed by atoms with van der Waals surface area (Å²) in [5.41, 5.74) is -0.0321. The molecule has 0 amide bonds. The van der Waals surface area contributed by atoms with Crippen molar-refractivity contribution in [1.29, 1.82) is 0 Å². The molecule has 0 spiro atoms. The fourth-order valence-electron chi connectivity index (χ4n) is 1.30. The molecule has 2 rings (SSSR count). The van der Waals surface area contributed by atoms with Gasteiger partial charge < -0.3 is 4.98 Å². The third-order valence-electron chi connectivity index (χ3n) is 1.91. The van der Waals surface area contributed by atoms with Gasteiger partial charge in [0.25, 0.3) is 5.56 Å². The molecule has 0 bridgehead atoms. The zero-order valence-electron chi connectivity index (χ0n) is 7.63. The number of hydrogen-bond donors (Lipinski definition) is 1. The Bertz CT molecular complexity index is 517. The Hall–Kier alpha value is -0.680. The molecule has 0 saturated carbocycles. The lowest BCUT2D eigenvalue weighted by atomic mass is 10.3. The zero-order valence-corrected chi connectivity index (χ0v) is 10.0. The van der Waals surface area contributed by atoms with E-state index in [9.17, 15) is 4.79 Å². The number of aromatic nitrogens is 2. The van der Waals surface area contributed by atoms with E-state index in [4.69, 9.17) is 0 Å². The van der Waals surface area contributed by atoms with Gasteiger partial charge in [0.15, 0.2) is 0 Å². The number of halogens is 1. The van der Waals surface area contributed by atoms with Crippen LogP contribution in [0.1, 0.15) is 10.7 Å². The first kappa shape index (κ1) is 9.86. The number of rotatable bonds is 2. The number of nitrogens with one attached hydrogen (secondary N) is 1. The van der Waals surface area contributed by atoms with Crippen molar-refractivity contribution in [2.45, 2.75) is 13.3 Å². The molecule has 0 aliphatic carbocycles. The van der Waals surface area contributed by atoms with Gasteiger partial charge in [0.05, 0.1) is 5.39 Å². The number of aromatic amines is 1. The molecule has 0 unspecified atom stereocenters. The lowest BCUT2D eigenvalue weighted by molar-refractivity contribution is 0.960. The fourth-order valence-corrected chi connectivity index (χ4v) is 2.58. The first-order valence-corrected chi connectivity index (χ1v) is 6.20. The monoisotopic (exact) mass is 272 g/mol. The number of thiophene rings is 1. The second kappa shape index (κ2) is 3.82. The van der Waals surface area contributed by atoms with Crippen LogP contribution in [0, 0.1) is 6.92 Å². The van der Waals surface area contributed by atoms with Crippen LogP contribution < -0.4 is 5.56 Å². The molecule has 0 aromatic carbocycles. The van der Waals surface area contributed by atoms with Crippen molar-refractivity contribution in [1.82, 2.24) is 9.97 Å². The van der Waals surface area contributed by atoms with E-state index in [2.05, 4.69) is 25.9 Å². The molecule has 2 aromatic rings. The van der Waals surface area contributed by atoms with Gasteiger partial charge in [-0.1, -0.05) is 15.9 Å². The van der Waals surface area contributed by atoms with Gasteiger partial charge in [-0.25, -0.2) is 4.98 Å². The van der Waals surface area contributed by atoms with E-state index in [1.54, 1.807) is 11.3 Å². The Morgan fingerprint density at radius 3 is 3.14 bits per heavy atom. The second-order valence-electron chi connectivity index (χ2n) is 3.03. The molecule has 74 valence electrons. The van der Waals surface area contributed by atoms with Crippen LogP contribution in [-0.2, 0) is 6.42 Å². The summed E-state index contributed by atoms with van der Waals surface area (Å²) in [6.07, 6.45) is 0.752. The van der Waals surface area contributed by atoms with Crippen molar-refractivity contribution >= 4 is 37.5 Å². The van der Waals surface area contributed by atoms with E-state index in [1.807, 2.05) is 13.0 Å². The molecule has 1 N–H and O–H groups in total. The van der Waals surface area contributed by atoms with E-state index < -0.39 is 0 Å². The zero-order chi connectivity index (χ0) is 10.1. The van der Waals surface area contributed by atoms with Gasteiger partial charge in [-0.3, -0.25) is 4.79 Å². The molecule has 2 heterocycles.